The van der Waals surface area contributed by atoms with Crippen LogP contribution in [0.2, 0.25) is 0 Å². The van der Waals surface area contributed by atoms with Crippen LogP contribution in [0.4, 0.5) is 0 Å². The minimum absolute atomic E-state index is 0.0327. The molecular formula is C31H39N3O4S. The molecule has 0 fully saturated rings. The van der Waals surface area contributed by atoms with E-state index in [-0.39, 0.29) is 17.8 Å². The summed E-state index contributed by atoms with van der Waals surface area (Å²) in [7, 11) is 0. The van der Waals surface area contributed by atoms with E-state index in [1.807, 2.05) is 23.9 Å². The molecular weight excluding hydrogens is 510 g/mol. The van der Waals surface area contributed by atoms with Gasteiger partial charge in [0.25, 0.3) is 0 Å². The van der Waals surface area contributed by atoms with Gasteiger partial charge in [0.05, 0.1) is 18.4 Å². The highest BCUT2D eigenvalue weighted by molar-refractivity contribution is 7.98. The number of benzene rings is 1. The number of thioether (sulfide) groups is 1. The lowest BCUT2D eigenvalue weighted by Gasteiger charge is -2.18. The van der Waals surface area contributed by atoms with Gasteiger partial charge in [0, 0.05) is 25.1 Å². The van der Waals surface area contributed by atoms with Crippen LogP contribution in [-0.2, 0) is 16.1 Å². The highest BCUT2D eigenvalue weighted by atomic mass is 32.2. The van der Waals surface area contributed by atoms with Crippen molar-refractivity contribution in [1.29, 1.82) is 5.41 Å². The first-order chi connectivity index (χ1) is 18.8. The molecule has 0 saturated heterocycles. The third-order valence-electron chi connectivity index (χ3n) is 6.07. The van der Waals surface area contributed by atoms with Crippen LogP contribution in [0.5, 0.6) is 5.75 Å². The first-order valence-corrected chi connectivity index (χ1v) is 14.2. The second-order valence-electron chi connectivity index (χ2n) is 9.04. The molecule has 2 unspecified atom stereocenters. The molecule has 7 nitrogen and oxygen atoms in total. The molecule has 0 spiro atoms. The van der Waals surface area contributed by atoms with Crippen LogP contribution in [0.25, 0.3) is 0 Å². The quantitative estimate of drug-likeness (QED) is 0.192. The smallest absolute Gasteiger partial charge is 0.304 e. The van der Waals surface area contributed by atoms with Gasteiger partial charge in [-0.1, -0.05) is 41.8 Å². The van der Waals surface area contributed by atoms with Crippen LogP contribution in [0.3, 0.4) is 0 Å². The summed E-state index contributed by atoms with van der Waals surface area (Å²) in [6.45, 7) is 10.6. The number of nitrogens with one attached hydrogen (secondary N) is 1. The Kier molecular flexibility index (Phi) is 13.9. The topological polar surface area (TPSA) is 96.9 Å². The largest absolute Gasteiger partial charge is 0.489 e. The van der Waals surface area contributed by atoms with Crippen molar-refractivity contribution >= 4 is 24.4 Å². The molecule has 0 radical (unpaired) electrons. The minimum atomic E-state index is -0.880. The van der Waals surface area contributed by atoms with E-state index in [0.717, 1.165) is 30.6 Å². The predicted molar refractivity (Wildman–Crippen MR) is 159 cm³/mol. The standard InChI is InChI=1S/C19H19N3O3.C12H20OS/c1-3-4-16(11-19(23)24)15-6-8-17(9-7-15)25-13-14-5-10-18(20)22(12-14)21-2;1-10-5-6-12(9-11(10)2)13-7-4-8-14-3/h5-10,12,16,20H,2,11,13H2,1H3,(H,23,24);5,9,12H,4,6-8H2,1-3H3. The van der Waals surface area contributed by atoms with Crippen molar-refractivity contribution in [2.45, 2.75) is 58.7 Å². The highest BCUT2D eigenvalue weighted by Crippen LogP contribution is 2.23. The number of allylic oxidation sites excluding steroid dienone is 2. The Labute approximate surface area is 236 Å². The summed E-state index contributed by atoms with van der Waals surface area (Å²) in [5.74, 6) is 6.34. The molecule has 208 valence electrons. The van der Waals surface area contributed by atoms with Crippen LogP contribution >= 0.6 is 11.8 Å². The Morgan fingerprint density at radius 3 is 2.62 bits per heavy atom. The molecule has 2 N–H and O–H groups in total. The number of nitrogens with zero attached hydrogens (tertiary/aromatic N) is 2. The summed E-state index contributed by atoms with van der Waals surface area (Å²) in [5, 5.41) is 20.3. The van der Waals surface area contributed by atoms with Gasteiger partial charge in [-0.15, -0.1) is 5.92 Å². The van der Waals surface area contributed by atoms with Crippen LogP contribution in [0, 0.1) is 17.3 Å². The van der Waals surface area contributed by atoms with E-state index < -0.39 is 5.97 Å². The van der Waals surface area contributed by atoms with E-state index >= 15 is 0 Å². The summed E-state index contributed by atoms with van der Waals surface area (Å²) in [5.41, 5.74) is 4.70. The zero-order valence-electron chi connectivity index (χ0n) is 23.3. The van der Waals surface area contributed by atoms with Crippen LogP contribution in [-0.4, -0.2) is 47.2 Å². The number of carbonyl (C=O) groups is 1. The van der Waals surface area contributed by atoms with Crippen molar-refractivity contribution in [3.8, 4) is 17.6 Å². The van der Waals surface area contributed by atoms with Gasteiger partial charge in [-0.3, -0.25) is 10.2 Å². The zero-order chi connectivity index (χ0) is 28.6. The van der Waals surface area contributed by atoms with E-state index in [1.54, 1.807) is 37.4 Å². The van der Waals surface area contributed by atoms with Gasteiger partial charge in [-0.25, -0.2) is 4.68 Å². The molecule has 1 aliphatic carbocycles. The lowest BCUT2D eigenvalue weighted by Crippen LogP contribution is -2.15. The van der Waals surface area contributed by atoms with Crippen molar-refractivity contribution in [3.63, 3.8) is 0 Å². The Hall–Kier alpha value is -3.54. The third kappa shape index (κ3) is 11.4. The fourth-order valence-corrected chi connectivity index (χ4v) is 4.19. The molecule has 0 saturated carbocycles. The number of pyridine rings is 1. The van der Waals surface area contributed by atoms with Crippen molar-refractivity contribution in [1.82, 2.24) is 4.68 Å². The second-order valence-corrected chi connectivity index (χ2v) is 10.0. The number of aliphatic carboxylic acids is 1. The summed E-state index contributed by atoms with van der Waals surface area (Å²) >= 11 is 1.88. The maximum Gasteiger partial charge on any atom is 0.304 e. The second kappa shape index (κ2) is 17.1. The van der Waals surface area contributed by atoms with Crippen molar-refractivity contribution in [2.24, 2.45) is 5.10 Å². The molecule has 3 rings (SSSR count). The number of aromatic nitrogens is 1. The molecule has 1 heterocycles. The maximum atomic E-state index is 10.9. The fourth-order valence-electron chi connectivity index (χ4n) is 3.78. The highest BCUT2D eigenvalue weighted by Gasteiger charge is 2.13. The molecule has 1 aliphatic rings. The molecule has 1 aromatic heterocycles. The Bertz CT molecular complexity index is 1270. The lowest BCUT2D eigenvalue weighted by atomic mass is 9.96. The zero-order valence-corrected chi connectivity index (χ0v) is 24.1. The molecule has 0 amide bonds. The average Bonchev–Trinajstić information content (AvgIpc) is 2.93. The Morgan fingerprint density at radius 1 is 1.26 bits per heavy atom. The minimum Gasteiger partial charge on any atom is -0.489 e. The van der Waals surface area contributed by atoms with Gasteiger partial charge in [-0.05, 0) is 75.0 Å². The van der Waals surface area contributed by atoms with Crippen molar-refractivity contribution < 1.29 is 19.4 Å². The Morgan fingerprint density at radius 2 is 2.00 bits per heavy atom. The first kappa shape index (κ1) is 31.7. The van der Waals surface area contributed by atoms with E-state index in [4.69, 9.17) is 20.0 Å². The van der Waals surface area contributed by atoms with Gasteiger partial charge in [0.2, 0.25) is 0 Å². The predicted octanol–water partition coefficient (Wildman–Crippen LogP) is 6.01. The normalized spacial score (nSPS) is 14.9. The summed E-state index contributed by atoms with van der Waals surface area (Å²) in [6, 6.07) is 10.6. The van der Waals surface area contributed by atoms with E-state index in [9.17, 15) is 4.79 Å². The molecule has 39 heavy (non-hydrogen) atoms. The first-order valence-electron chi connectivity index (χ1n) is 12.8. The van der Waals surface area contributed by atoms with Gasteiger partial charge in [0.1, 0.15) is 17.8 Å². The summed E-state index contributed by atoms with van der Waals surface area (Å²) < 4.78 is 12.9. The van der Waals surface area contributed by atoms with Crippen molar-refractivity contribution in [3.05, 3.63) is 82.5 Å². The van der Waals surface area contributed by atoms with E-state index in [0.29, 0.717) is 18.5 Å². The summed E-state index contributed by atoms with van der Waals surface area (Å²) in [4.78, 5) is 10.9. The molecule has 2 aromatic rings. The van der Waals surface area contributed by atoms with Crippen LogP contribution in [0.1, 0.15) is 57.1 Å². The van der Waals surface area contributed by atoms with Crippen LogP contribution < -0.4 is 10.2 Å². The van der Waals surface area contributed by atoms with Gasteiger partial charge < -0.3 is 14.6 Å². The lowest BCUT2D eigenvalue weighted by molar-refractivity contribution is -0.137. The third-order valence-corrected chi connectivity index (χ3v) is 6.76. The summed E-state index contributed by atoms with van der Waals surface area (Å²) in [6.07, 6.45) is 10.8. The number of rotatable bonds is 12. The fraction of sp³-hybridized carbons (Fsp3) is 0.387. The molecule has 1 aromatic carbocycles. The van der Waals surface area contributed by atoms with Crippen molar-refractivity contribution in [2.75, 3.05) is 18.6 Å². The maximum absolute atomic E-state index is 10.9. The molecule has 0 aliphatic heterocycles. The van der Waals surface area contributed by atoms with Gasteiger partial charge >= 0.3 is 5.97 Å². The molecule has 8 heteroatoms. The number of hydrogen-bond donors (Lipinski definition) is 2. The molecule has 2 atom stereocenters. The van der Waals surface area contributed by atoms with Gasteiger partial charge in [-0.2, -0.15) is 16.9 Å². The molecule has 0 bridgehead atoms. The SMILES string of the molecule is C=Nn1cc(COc2ccc(C(C#CC)CC(=O)O)cc2)ccc1=N.CSCCCOC1C=C(C)C(C)=CC1. The van der Waals surface area contributed by atoms with E-state index in [1.165, 1.54) is 21.6 Å². The number of carboxylic acids is 1. The number of carboxylic acid groups (broad SMARTS) is 1. The number of ether oxygens (including phenoxy) is 2. The van der Waals surface area contributed by atoms with E-state index in [2.05, 4.69) is 55.9 Å². The number of hydrogen-bond acceptors (Lipinski definition) is 6. The Balaban J connectivity index is 0.000000322. The van der Waals surface area contributed by atoms with Crippen LogP contribution in [0.15, 0.2) is 71.0 Å². The average molecular weight is 550 g/mol. The monoisotopic (exact) mass is 549 g/mol. The van der Waals surface area contributed by atoms with Gasteiger partial charge in [0.15, 0.2) is 0 Å².